The molecule has 1 aliphatic rings. The molecule has 19 heavy (non-hydrogen) atoms. The second-order valence-electron chi connectivity index (χ2n) is 5.00. The molecular weight excluding hydrogens is 266 g/mol. The second kappa shape index (κ2) is 5.05. The third-order valence-electron chi connectivity index (χ3n) is 3.73. The number of hydrogen-bond acceptors (Lipinski definition) is 4. The van der Waals surface area contributed by atoms with E-state index in [1.807, 2.05) is 0 Å². The van der Waals surface area contributed by atoms with Crippen molar-refractivity contribution in [3.05, 3.63) is 11.4 Å². The van der Waals surface area contributed by atoms with Gasteiger partial charge in [-0.2, -0.15) is 9.40 Å². The number of nitrogens with zero attached hydrogens (tertiary/aromatic N) is 3. The largest absolute Gasteiger partial charge is 0.303 e. The van der Waals surface area contributed by atoms with E-state index in [-0.39, 0.29) is 5.92 Å². The number of aromatic nitrogens is 2. The molecule has 0 aliphatic carbocycles. The Bertz CT molecular complexity index is 584. The Balaban J connectivity index is 2.31. The summed E-state index contributed by atoms with van der Waals surface area (Å²) in [7, 11) is -1.76. The Hall–Kier alpha value is -1.21. The van der Waals surface area contributed by atoms with Crippen molar-refractivity contribution in [1.29, 1.82) is 0 Å². The van der Waals surface area contributed by atoms with Crippen LogP contribution in [0.4, 0.5) is 0 Å². The molecule has 0 aromatic carbocycles. The second-order valence-corrected chi connectivity index (χ2v) is 6.88. The fourth-order valence-corrected chi connectivity index (χ4v) is 4.38. The van der Waals surface area contributed by atoms with E-state index < -0.39 is 10.0 Å². The Morgan fingerprint density at radius 3 is 2.26 bits per heavy atom. The third kappa shape index (κ3) is 2.44. The first-order valence-corrected chi connectivity index (χ1v) is 7.77. The van der Waals surface area contributed by atoms with Gasteiger partial charge >= 0.3 is 0 Å². The summed E-state index contributed by atoms with van der Waals surface area (Å²) in [5.74, 6) is -0.0115. The van der Waals surface area contributed by atoms with E-state index in [1.165, 1.54) is 4.31 Å². The summed E-state index contributed by atoms with van der Waals surface area (Å²) in [5.41, 5.74) is 1.17. The number of hydrogen-bond donors (Lipinski definition) is 0. The maximum Gasteiger partial charge on any atom is 0.246 e. The van der Waals surface area contributed by atoms with Gasteiger partial charge in [0.1, 0.15) is 11.2 Å². The van der Waals surface area contributed by atoms with Crippen LogP contribution < -0.4 is 0 Å². The van der Waals surface area contributed by atoms with E-state index in [0.717, 1.165) is 6.29 Å². The Labute approximate surface area is 113 Å². The normalized spacial score (nSPS) is 18.7. The van der Waals surface area contributed by atoms with Crippen LogP contribution in [0.25, 0.3) is 0 Å². The molecule has 7 heteroatoms. The van der Waals surface area contributed by atoms with Gasteiger partial charge in [-0.25, -0.2) is 8.42 Å². The van der Waals surface area contributed by atoms with Crippen LogP contribution in [-0.4, -0.2) is 41.9 Å². The zero-order valence-corrected chi connectivity index (χ0v) is 12.3. The molecule has 0 bridgehead atoms. The van der Waals surface area contributed by atoms with Gasteiger partial charge in [-0.05, 0) is 26.7 Å². The Morgan fingerprint density at radius 2 is 1.84 bits per heavy atom. The topological polar surface area (TPSA) is 72.3 Å². The lowest BCUT2D eigenvalue weighted by atomic mass is 10.0. The fraction of sp³-hybridized carbons (Fsp3) is 0.667. The summed E-state index contributed by atoms with van der Waals surface area (Å²) in [4.78, 5) is 11.0. The highest BCUT2D eigenvalue weighted by molar-refractivity contribution is 7.89. The Morgan fingerprint density at radius 1 is 1.26 bits per heavy atom. The summed E-state index contributed by atoms with van der Waals surface area (Å²) < 4.78 is 28.3. The molecule has 1 aromatic rings. The monoisotopic (exact) mass is 285 g/mol. The van der Waals surface area contributed by atoms with Crippen LogP contribution in [0.1, 0.15) is 24.2 Å². The smallest absolute Gasteiger partial charge is 0.246 e. The quantitative estimate of drug-likeness (QED) is 0.764. The minimum atomic E-state index is -3.50. The lowest BCUT2D eigenvalue weighted by molar-refractivity contribution is -0.112. The van der Waals surface area contributed by atoms with Gasteiger partial charge in [0, 0.05) is 26.1 Å². The number of aryl methyl sites for hydroxylation is 2. The molecule has 0 unspecified atom stereocenters. The number of carbonyl (C=O) groups excluding carboxylic acids is 1. The van der Waals surface area contributed by atoms with Gasteiger partial charge in [-0.1, -0.05) is 0 Å². The molecule has 0 atom stereocenters. The molecule has 0 saturated carbocycles. The summed E-state index contributed by atoms with van der Waals surface area (Å²) >= 11 is 0. The minimum Gasteiger partial charge on any atom is -0.303 e. The van der Waals surface area contributed by atoms with Crippen LogP contribution in [0.5, 0.6) is 0 Å². The van der Waals surface area contributed by atoms with Gasteiger partial charge in [-0.3, -0.25) is 4.68 Å². The summed E-state index contributed by atoms with van der Waals surface area (Å²) in [6.45, 7) is 4.27. The molecule has 1 fully saturated rings. The number of sulfonamides is 1. The highest BCUT2D eigenvalue weighted by Crippen LogP contribution is 2.26. The predicted molar refractivity (Wildman–Crippen MR) is 70.2 cm³/mol. The highest BCUT2D eigenvalue weighted by Gasteiger charge is 2.33. The van der Waals surface area contributed by atoms with Crippen LogP contribution in [0.15, 0.2) is 4.90 Å². The number of rotatable bonds is 3. The van der Waals surface area contributed by atoms with Crippen molar-refractivity contribution in [2.45, 2.75) is 31.6 Å². The fourth-order valence-electron chi connectivity index (χ4n) is 2.51. The van der Waals surface area contributed by atoms with Crippen molar-refractivity contribution in [2.75, 3.05) is 13.1 Å². The zero-order valence-electron chi connectivity index (χ0n) is 11.5. The lowest BCUT2D eigenvalue weighted by Crippen LogP contribution is -2.39. The van der Waals surface area contributed by atoms with Crippen molar-refractivity contribution >= 4 is 16.3 Å². The maximum atomic E-state index is 12.6. The number of carbonyl (C=O) groups is 1. The van der Waals surface area contributed by atoms with Gasteiger partial charge in [-0.15, -0.1) is 0 Å². The van der Waals surface area contributed by atoms with E-state index in [2.05, 4.69) is 5.10 Å². The predicted octanol–water partition coefficient (Wildman–Crippen LogP) is 0.637. The SMILES string of the molecule is Cc1nn(C)c(C)c1S(=O)(=O)N1CCC(C=O)CC1. The summed E-state index contributed by atoms with van der Waals surface area (Å²) in [6.07, 6.45) is 2.12. The number of piperidine rings is 1. The minimum absolute atomic E-state index is 0.0115. The van der Waals surface area contributed by atoms with E-state index in [4.69, 9.17) is 0 Å². The molecule has 0 N–H and O–H groups in total. The maximum absolute atomic E-state index is 12.6. The van der Waals surface area contributed by atoms with E-state index >= 15 is 0 Å². The van der Waals surface area contributed by atoms with E-state index in [9.17, 15) is 13.2 Å². The van der Waals surface area contributed by atoms with Gasteiger partial charge < -0.3 is 4.79 Å². The Kier molecular flexibility index (Phi) is 3.78. The van der Waals surface area contributed by atoms with Crippen LogP contribution in [0.2, 0.25) is 0 Å². The molecule has 6 nitrogen and oxygen atoms in total. The molecule has 2 heterocycles. The molecule has 2 rings (SSSR count). The average molecular weight is 285 g/mol. The molecule has 1 saturated heterocycles. The molecule has 1 aromatic heterocycles. The highest BCUT2D eigenvalue weighted by atomic mass is 32.2. The zero-order chi connectivity index (χ0) is 14.2. The number of aldehydes is 1. The molecule has 1 aliphatic heterocycles. The molecule has 0 radical (unpaired) electrons. The van der Waals surface area contributed by atoms with Crippen molar-refractivity contribution in [3.8, 4) is 0 Å². The van der Waals surface area contributed by atoms with Gasteiger partial charge in [0.2, 0.25) is 10.0 Å². The third-order valence-corrected chi connectivity index (χ3v) is 5.88. The van der Waals surface area contributed by atoms with Crippen molar-refractivity contribution in [2.24, 2.45) is 13.0 Å². The first kappa shape index (κ1) is 14.2. The van der Waals surface area contributed by atoms with Crippen LogP contribution >= 0.6 is 0 Å². The van der Waals surface area contributed by atoms with E-state index in [1.54, 1.807) is 25.6 Å². The van der Waals surface area contributed by atoms with Gasteiger partial charge in [0.25, 0.3) is 0 Å². The molecule has 0 spiro atoms. The lowest BCUT2D eigenvalue weighted by Gasteiger charge is -2.28. The average Bonchev–Trinajstić information content (AvgIpc) is 2.63. The molecular formula is C12H19N3O3S. The van der Waals surface area contributed by atoms with E-state index in [0.29, 0.717) is 42.2 Å². The first-order valence-electron chi connectivity index (χ1n) is 6.33. The van der Waals surface area contributed by atoms with Crippen molar-refractivity contribution in [1.82, 2.24) is 14.1 Å². The van der Waals surface area contributed by atoms with Crippen LogP contribution in [-0.2, 0) is 21.9 Å². The molecule has 0 amide bonds. The molecule has 106 valence electrons. The standard InChI is InChI=1S/C12H19N3O3S/c1-9-12(10(2)14(3)13-9)19(17,18)15-6-4-11(8-16)5-7-15/h8,11H,4-7H2,1-3H3. The van der Waals surface area contributed by atoms with Crippen LogP contribution in [0.3, 0.4) is 0 Å². The summed E-state index contributed by atoms with van der Waals surface area (Å²) in [6, 6.07) is 0. The first-order chi connectivity index (χ1) is 8.87. The van der Waals surface area contributed by atoms with Gasteiger partial charge in [0.05, 0.1) is 11.4 Å². The van der Waals surface area contributed by atoms with Crippen molar-refractivity contribution in [3.63, 3.8) is 0 Å². The van der Waals surface area contributed by atoms with Gasteiger partial charge in [0.15, 0.2) is 0 Å². The van der Waals surface area contributed by atoms with Crippen molar-refractivity contribution < 1.29 is 13.2 Å². The van der Waals surface area contributed by atoms with Crippen LogP contribution in [0, 0.1) is 19.8 Å². The summed E-state index contributed by atoms with van der Waals surface area (Å²) in [5, 5.41) is 4.16.